The van der Waals surface area contributed by atoms with E-state index in [1.54, 1.807) is 4.52 Å². The van der Waals surface area contributed by atoms with Crippen molar-refractivity contribution in [3.05, 3.63) is 11.3 Å². The van der Waals surface area contributed by atoms with Crippen LogP contribution in [0.2, 0.25) is 0 Å². The number of hydrogen-bond donors (Lipinski definition) is 1. The number of aromatic nitrogens is 4. The van der Waals surface area contributed by atoms with Gasteiger partial charge < -0.3 is 5.32 Å². The van der Waals surface area contributed by atoms with Crippen molar-refractivity contribution in [3.63, 3.8) is 0 Å². The van der Waals surface area contributed by atoms with Gasteiger partial charge in [0.25, 0.3) is 0 Å². The third kappa shape index (κ3) is 1.64. The molecule has 0 aliphatic carbocycles. The van der Waals surface area contributed by atoms with Crippen molar-refractivity contribution in [1.29, 1.82) is 0 Å². The molecular weight excluding hydrogens is 190 g/mol. The number of hydrogen-bond acceptors (Lipinski definition) is 5. The molecule has 2 aromatic heterocycles. The summed E-state index contributed by atoms with van der Waals surface area (Å²) in [5.41, 5.74) is 0. The maximum atomic E-state index is 10.6. The predicted molar refractivity (Wildman–Crippen MR) is 46.2 cm³/mol. The van der Waals surface area contributed by atoms with E-state index in [1.165, 1.54) is 24.6 Å². The largest absolute Gasteiger partial charge is 0.350 e. The second-order valence-electron chi connectivity index (χ2n) is 2.46. The van der Waals surface area contributed by atoms with Gasteiger partial charge in [-0.2, -0.15) is 9.61 Å². The standard InChI is InChI=1S/C6H7N5OS/c1-4(12)7-2-5-10-11-3-8-9-6(11)13-5/h3H,2H2,1H3,(H,7,12). The normalized spacial score (nSPS) is 10.5. The van der Waals surface area contributed by atoms with Crippen LogP contribution in [0.15, 0.2) is 6.33 Å². The monoisotopic (exact) mass is 197 g/mol. The molecule has 0 atom stereocenters. The van der Waals surface area contributed by atoms with Crippen molar-refractivity contribution in [2.75, 3.05) is 0 Å². The van der Waals surface area contributed by atoms with Crippen molar-refractivity contribution in [2.45, 2.75) is 13.5 Å². The highest BCUT2D eigenvalue weighted by atomic mass is 32.1. The molecule has 0 aliphatic heterocycles. The van der Waals surface area contributed by atoms with Gasteiger partial charge in [-0.15, -0.1) is 10.2 Å². The number of fused-ring (bicyclic) bond motifs is 1. The summed E-state index contributed by atoms with van der Waals surface area (Å²) >= 11 is 1.41. The summed E-state index contributed by atoms with van der Waals surface area (Å²) in [6.07, 6.45) is 1.53. The maximum Gasteiger partial charge on any atom is 0.234 e. The third-order valence-corrected chi connectivity index (χ3v) is 2.33. The van der Waals surface area contributed by atoms with Crippen LogP contribution in [0, 0.1) is 0 Å². The van der Waals surface area contributed by atoms with E-state index in [9.17, 15) is 4.79 Å². The van der Waals surface area contributed by atoms with Crippen molar-refractivity contribution in [2.24, 2.45) is 0 Å². The molecule has 0 aliphatic rings. The highest BCUT2D eigenvalue weighted by Gasteiger charge is 2.04. The average molecular weight is 197 g/mol. The van der Waals surface area contributed by atoms with Crippen LogP contribution in [-0.4, -0.2) is 25.7 Å². The van der Waals surface area contributed by atoms with Gasteiger partial charge in [0, 0.05) is 6.92 Å². The lowest BCUT2D eigenvalue weighted by Crippen LogP contribution is -2.18. The molecule has 0 radical (unpaired) electrons. The first-order valence-electron chi connectivity index (χ1n) is 3.66. The molecule has 13 heavy (non-hydrogen) atoms. The zero-order valence-electron chi connectivity index (χ0n) is 6.89. The number of rotatable bonds is 2. The van der Waals surface area contributed by atoms with Crippen LogP contribution in [0.1, 0.15) is 11.9 Å². The molecule has 0 unspecified atom stereocenters. The molecule has 0 bridgehead atoms. The molecule has 0 spiro atoms. The van der Waals surface area contributed by atoms with E-state index in [0.29, 0.717) is 6.54 Å². The molecule has 2 rings (SSSR count). The minimum absolute atomic E-state index is 0.0639. The summed E-state index contributed by atoms with van der Waals surface area (Å²) < 4.78 is 1.59. The zero-order valence-corrected chi connectivity index (χ0v) is 7.71. The first kappa shape index (κ1) is 8.11. The summed E-state index contributed by atoms with van der Waals surface area (Å²) in [4.78, 5) is 11.3. The number of amides is 1. The molecule has 6 nitrogen and oxygen atoms in total. The van der Waals surface area contributed by atoms with Gasteiger partial charge in [0.05, 0.1) is 6.54 Å². The highest BCUT2D eigenvalue weighted by molar-refractivity contribution is 7.16. The Morgan fingerprint density at radius 2 is 2.62 bits per heavy atom. The Labute approximate surface area is 77.6 Å². The topological polar surface area (TPSA) is 72.2 Å². The fourth-order valence-electron chi connectivity index (χ4n) is 0.873. The molecule has 0 saturated heterocycles. The summed E-state index contributed by atoms with van der Waals surface area (Å²) in [7, 11) is 0. The van der Waals surface area contributed by atoms with Crippen LogP contribution in [-0.2, 0) is 11.3 Å². The Bertz CT molecular complexity index is 404. The van der Waals surface area contributed by atoms with Crippen LogP contribution < -0.4 is 5.32 Å². The van der Waals surface area contributed by atoms with Crippen LogP contribution in [0.3, 0.4) is 0 Å². The molecule has 1 amide bonds. The second kappa shape index (κ2) is 3.09. The Morgan fingerprint density at radius 1 is 1.77 bits per heavy atom. The van der Waals surface area contributed by atoms with Crippen molar-refractivity contribution in [1.82, 2.24) is 25.1 Å². The molecule has 7 heteroatoms. The number of nitrogens with zero attached hydrogens (tertiary/aromatic N) is 4. The van der Waals surface area contributed by atoms with E-state index >= 15 is 0 Å². The first-order valence-corrected chi connectivity index (χ1v) is 4.47. The van der Waals surface area contributed by atoms with E-state index in [4.69, 9.17) is 0 Å². The average Bonchev–Trinajstić information content (AvgIpc) is 2.58. The van der Waals surface area contributed by atoms with Gasteiger partial charge in [-0.1, -0.05) is 11.3 Å². The molecule has 2 heterocycles. The molecule has 1 N–H and O–H groups in total. The van der Waals surface area contributed by atoms with Crippen molar-refractivity contribution in [3.8, 4) is 0 Å². The van der Waals surface area contributed by atoms with Crippen molar-refractivity contribution >= 4 is 22.2 Å². The van der Waals surface area contributed by atoms with Gasteiger partial charge in [-0.3, -0.25) is 4.79 Å². The first-order chi connectivity index (χ1) is 6.25. The molecule has 0 fully saturated rings. The summed E-state index contributed by atoms with van der Waals surface area (Å²) in [5, 5.41) is 15.1. The Balaban J connectivity index is 2.15. The molecule has 2 aromatic rings. The number of nitrogens with one attached hydrogen (secondary N) is 1. The van der Waals surface area contributed by atoms with E-state index < -0.39 is 0 Å². The predicted octanol–water partition coefficient (Wildman–Crippen LogP) is -0.178. The van der Waals surface area contributed by atoms with Crippen LogP contribution in [0.4, 0.5) is 0 Å². The lowest BCUT2D eigenvalue weighted by atomic mass is 10.6. The second-order valence-corrected chi connectivity index (χ2v) is 3.50. The van der Waals surface area contributed by atoms with Gasteiger partial charge >= 0.3 is 0 Å². The smallest absolute Gasteiger partial charge is 0.234 e. The Kier molecular flexibility index (Phi) is 1.93. The minimum atomic E-state index is -0.0639. The van der Waals surface area contributed by atoms with E-state index in [1.807, 2.05) is 0 Å². The fraction of sp³-hybridized carbons (Fsp3) is 0.333. The summed E-state index contributed by atoms with van der Waals surface area (Å²) in [6, 6.07) is 0. The zero-order chi connectivity index (χ0) is 9.26. The van der Waals surface area contributed by atoms with Crippen molar-refractivity contribution < 1.29 is 4.79 Å². The van der Waals surface area contributed by atoms with Gasteiger partial charge in [0.2, 0.25) is 10.9 Å². The summed E-state index contributed by atoms with van der Waals surface area (Å²) in [6.45, 7) is 1.92. The molecule has 68 valence electrons. The van der Waals surface area contributed by atoms with Crippen LogP contribution in [0.25, 0.3) is 4.96 Å². The number of carbonyl (C=O) groups is 1. The van der Waals surface area contributed by atoms with Crippen LogP contribution in [0.5, 0.6) is 0 Å². The summed E-state index contributed by atoms with van der Waals surface area (Å²) in [5.74, 6) is -0.0639. The molecule has 0 aromatic carbocycles. The van der Waals surface area contributed by atoms with Gasteiger partial charge in [-0.05, 0) is 0 Å². The SMILES string of the molecule is CC(=O)NCc1nn2cnnc2s1. The third-order valence-electron chi connectivity index (χ3n) is 1.42. The Hall–Kier alpha value is -1.50. The maximum absolute atomic E-state index is 10.6. The number of carbonyl (C=O) groups excluding carboxylic acids is 1. The quantitative estimate of drug-likeness (QED) is 0.725. The van der Waals surface area contributed by atoms with Crippen LogP contribution >= 0.6 is 11.3 Å². The van der Waals surface area contributed by atoms with Gasteiger partial charge in [0.1, 0.15) is 11.3 Å². The van der Waals surface area contributed by atoms with Gasteiger partial charge in [-0.25, -0.2) is 0 Å². The molecule has 0 saturated carbocycles. The Morgan fingerprint density at radius 3 is 3.31 bits per heavy atom. The highest BCUT2D eigenvalue weighted by Crippen LogP contribution is 2.10. The van der Waals surface area contributed by atoms with E-state index in [-0.39, 0.29) is 5.91 Å². The molecular formula is C6H7N5OS. The van der Waals surface area contributed by atoms with E-state index in [2.05, 4.69) is 20.6 Å². The lowest BCUT2D eigenvalue weighted by molar-refractivity contribution is -0.119. The minimum Gasteiger partial charge on any atom is -0.350 e. The van der Waals surface area contributed by atoms with Gasteiger partial charge in [0.15, 0.2) is 0 Å². The fourth-order valence-corrected chi connectivity index (χ4v) is 1.63. The lowest BCUT2D eigenvalue weighted by Gasteiger charge is -1.94. The van der Waals surface area contributed by atoms with E-state index in [0.717, 1.165) is 9.97 Å².